The molecular formula is C10H20N2O3S. The largest absolute Gasteiger partial charge is 0.443 e. The molecule has 1 N–H and O–H groups in total. The van der Waals surface area contributed by atoms with Crippen molar-refractivity contribution in [2.45, 2.75) is 46.1 Å². The summed E-state index contributed by atoms with van der Waals surface area (Å²) in [7, 11) is 0. The van der Waals surface area contributed by atoms with Gasteiger partial charge in [0.15, 0.2) is 0 Å². The standard InChI is InChI=1S/C10H20N2O3S/c1-5-6-7-12(16)8(13)11-9(14)15-10(2,3)4/h16H,5-7H2,1-4H3,(H,11,13,14). The van der Waals surface area contributed by atoms with Crippen molar-refractivity contribution in [1.82, 2.24) is 9.62 Å². The average molecular weight is 248 g/mol. The van der Waals surface area contributed by atoms with Crippen molar-refractivity contribution in [3.05, 3.63) is 0 Å². The number of hydrogen-bond acceptors (Lipinski definition) is 4. The molecule has 0 heterocycles. The normalized spacial score (nSPS) is 10.8. The molecule has 5 nitrogen and oxygen atoms in total. The van der Waals surface area contributed by atoms with Crippen LogP contribution in [0.2, 0.25) is 0 Å². The van der Waals surface area contributed by atoms with Crippen LogP contribution in [0.3, 0.4) is 0 Å². The molecule has 0 atom stereocenters. The maximum atomic E-state index is 11.4. The van der Waals surface area contributed by atoms with Crippen LogP contribution >= 0.6 is 12.8 Å². The highest BCUT2D eigenvalue weighted by Crippen LogP contribution is 2.07. The number of carbonyl (C=O) groups is 2. The molecule has 0 unspecified atom stereocenters. The van der Waals surface area contributed by atoms with Crippen LogP contribution in [0.15, 0.2) is 0 Å². The van der Waals surface area contributed by atoms with E-state index in [1.54, 1.807) is 20.8 Å². The molecule has 16 heavy (non-hydrogen) atoms. The van der Waals surface area contributed by atoms with Crippen molar-refractivity contribution in [3.8, 4) is 0 Å². The van der Waals surface area contributed by atoms with E-state index in [2.05, 4.69) is 18.1 Å². The van der Waals surface area contributed by atoms with Crippen LogP contribution in [0, 0.1) is 0 Å². The Morgan fingerprint density at radius 3 is 2.38 bits per heavy atom. The lowest BCUT2D eigenvalue weighted by Gasteiger charge is -2.21. The third kappa shape index (κ3) is 7.39. The predicted molar refractivity (Wildman–Crippen MR) is 65.4 cm³/mol. The number of alkyl carbamates (subject to hydrolysis) is 1. The minimum Gasteiger partial charge on any atom is -0.443 e. The second-order valence-electron chi connectivity index (χ2n) is 4.41. The predicted octanol–water partition coefficient (Wildman–Crippen LogP) is 2.58. The summed E-state index contributed by atoms with van der Waals surface area (Å²) in [5, 5.41) is 2.09. The van der Waals surface area contributed by atoms with E-state index in [4.69, 9.17) is 4.74 Å². The van der Waals surface area contributed by atoms with Crippen molar-refractivity contribution in [2.75, 3.05) is 6.54 Å². The van der Waals surface area contributed by atoms with Crippen molar-refractivity contribution >= 4 is 24.9 Å². The molecule has 0 saturated carbocycles. The minimum absolute atomic E-state index is 0.494. The summed E-state index contributed by atoms with van der Waals surface area (Å²) < 4.78 is 6.09. The fourth-order valence-electron chi connectivity index (χ4n) is 0.865. The van der Waals surface area contributed by atoms with Crippen LogP contribution in [-0.4, -0.2) is 28.6 Å². The van der Waals surface area contributed by atoms with Gasteiger partial charge in [0, 0.05) is 6.54 Å². The Morgan fingerprint density at radius 2 is 1.94 bits per heavy atom. The highest BCUT2D eigenvalue weighted by Gasteiger charge is 2.19. The van der Waals surface area contributed by atoms with E-state index in [1.807, 2.05) is 6.92 Å². The smallest absolute Gasteiger partial charge is 0.415 e. The number of nitrogens with one attached hydrogen (secondary N) is 1. The number of nitrogens with zero attached hydrogens (tertiary/aromatic N) is 1. The Morgan fingerprint density at radius 1 is 1.38 bits per heavy atom. The van der Waals surface area contributed by atoms with Gasteiger partial charge in [-0.25, -0.2) is 14.9 Å². The molecule has 0 rings (SSSR count). The van der Waals surface area contributed by atoms with Crippen LogP contribution in [0.4, 0.5) is 9.59 Å². The molecule has 0 bridgehead atoms. The summed E-state index contributed by atoms with van der Waals surface area (Å²) in [6.45, 7) is 7.69. The molecular weight excluding hydrogens is 228 g/mol. The zero-order valence-electron chi connectivity index (χ0n) is 10.2. The minimum atomic E-state index is -0.756. The van der Waals surface area contributed by atoms with Gasteiger partial charge in [-0.3, -0.25) is 4.31 Å². The fraction of sp³-hybridized carbons (Fsp3) is 0.800. The highest BCUT2D eigenvalue weighted by atomic mass is 32.1. The second kappa shape index (κ2) is 6.62. The Labute approximate surface area is 102 Å². The number of rotatable bonds is 3. The topological polar surface area (TPSA) is 58.6 Å². The molecule has 3 amide bonds. The van der Waals surface area contributed by atoms with Gasteiger partial charge in [0.1, 0.15) is 5.60 Å². The third-order valence-corrected chi connectivity index (χ3v) is 1.95. The van der Waals surface area contributed by atoms with Gasteiger partial charge >= 0.3 is 12.1 Å². The van der Waals surface area contributed by atoms with Crippen LogP contribution in [-0.2, 0) is 4.74 Å². The summed E-state index contributed by atoms with van der Waals surface area (Å²) in [5.74, 6) is 0. The van der Waals surface area contributed by atoms with Crippen molar-refractivity contribution < 1.29 is 14.3 Å². The Hall–Kier alpha value is -0.910. The Kier molecular flexibility index (Phi) is 6.25. The number of imide groups is 1. The number of amides is 3. The molecule has 6 heteroatoms. The van der Waals surface area contributed by atoms with E-state index in [9.17, 15) is 9.59 Å². The van der Waals surface area contributed by atoms with Crippen LogP contribution in [0.5, 0.6) is 0 Å². The van der Waals surface area contributed by atoms with E-state index < -0.39 is 17.7 Å². The number of hydrogen-bond donors (Lipinski definition) is 2. The van der Waals surface area contributed by atoms with E-state index >= 15 is 0 Å². The molecule has 0 aliphatic carbocycles. The molecule has 0 aromatic heterocycles. The van der Waals surface area contributed by atoms with E-state index in [0.717, 1.165) is 17.1 Å². The number of ether oxygens (including phenoxy) is 1. The first-order valence-electron chi connectivity index (χ1n) is 5.26. The van der Waals surface area contributed by atoms with Gasteiger partial charge in [-0.2, -0.15) is 0 Å². The number of unbranched alkanes of at least 4 members (excludes halogenated alkanes) is 1. The second-order valence-corrected chi connectivity index (χ2v) is 4.89. The average Bonchev–Trinajstić information content (AvgIpc) is 2.10. The first-order valence-corrected chi connectivity index (χ1v) is 5.66. The van der Waals surface area contributed by atoms with Gasteiger partial charge in [-0.1, -0.05) is 26.2 Å². The molecule has 94 valence electrons. The van der Waals surface area contributed by atoms with E-state index in [-0.39, 0.29) is 0 Å². The van der Waals surface area contributed by atoms with Gasteiger partial charge in [0.2, 0.25) is 0 Å². The summed E-state index contributed by atoms with van der Waals surface area (Å²) in [5.41, 5.74) is -0.616. The Balaban J connectivity index is 3.99. The third-order valence-electron chi connectivity index (χ3n) is 1.57. The number of carbonyl (C=O) groups excluding carboxylic acids is 2. The molecule has 0 saturated heterocycles. The van der Waals surface area contributed by atoms with Crippen molar-refractivity contribution in [2.24, 2.45) is 0 Å². The van der Waals surface area contributed by atoms with Gasteiger partial charge in [0.05, 0.1) is 0 Å². The van der Waals surface area contributed by atoms with Crippen LogP contribution < -0.4 is 5.32 Å². The maximum absolute atomic E-state index is 11.4. The lowest BCUT2D eigenvalue weighted by atomic mass is 10.2. The first kappa shape index (κ1) is 15.1. The lowest BCUT2D eigenvalue weighted by molar-refractivity contribution is 0.0542. The van der Waals surface area contributed by atoms with Gasteiger partial charge in [0.25, 0.3) is 0 Å². The van der Waals surface area contributed by atoms with E-state index in [1.165, 1.54) is 0 Å². The fourth-order valence-corrected chi connectivity index (χ4v) is 1.06. The van der Waals surface area contributed by atoms with Crippen molar-refractivity contribution in [1.29, 1.82) is 0 Å². The van der Waals surface area contributed by atoms with Crippen LogP contribution in [0.1, 0.15) is 40.5 Å². The van der Waals surface area contributed by atoms with Crippen molar-refractivity contribution in [3.63, 3.8) is 0 Å². The molecule has 0 aromatic carbocycles. The molecule has 0 fully saturated rings. The van der Waals surface area contributed by atoms with Crippen LogP contribution in [0.25, 0.3) is 0 Å². The molecule has 0 aromatic rings. The van der Waals surface area contributed by atoms with Gasteiger partial charge in [-0.05, 0) is 27.2 Å². The first-order chi connectivity index (χ1) is 7.26. The SMILES string of the molecule is CCCCN(S)C(=O)NC(=O)OC(C)(C)C. The molecule has 0 aliphatic rings. The quantitative estimate of drug-likeness (QED) is 0.755. The molecule has 0 aliphatic heterocycles. The molecule has 0 radical (unpaired) electrons. The summed E-state index contributed by atoms with van der Waals surface area (Å²) >= 11 is 3.96. The van der Waals surface area contributed by atoms with E-state index in [0.29, 0.717) is 6.54 Å². The zero-order chi connectivity index (χ0) is 12.8. The maximum Gasteiger partial charge on any atom is 0.415 e. The summed E-state index contributed by atoms with van der Waals surface area (Å²) in [4.78, 5) is 22.6. The number of urea groups is 1. The highest BCUT2D eigenvalue weighted by molar-refractivity contribution is 7.78. The molecule has 0 spiro atoms. The lowest BCUT2D eigenvalue weighted by Crippen LogP contribution is -2.41. The summed E-state index contributed by atoms with van der Waals surface area (Å²) in [6.07, 6.45) is 1.04. The Bertz CT molecular complexity index is 251. The monoisotopic (exact) mass is 248 g/mol. The zero-order valence-corrected chi connectivity index (χ0v) is 11.1. The number of thiol groups is 1. The van der Waals surface area contributed by atoms with Gasteiger partial charge in [-0.15, -0.1) is 0 Å². The van der Waals surface area contributed by atoms with Gasteiger partial charge < -0.3 is 4.74 Å². The summed E-state index contributed by atoms with van der Waals surface area (Å²) in [6, 6.07) is -0.564.